The third-order valence-corrected chi connectivity index (χ3v) is 5.02. The van der Waals surface area contributed by atoms with Gasteiger partial charge in [0.1, 0.15) is 29.1 Å². The van der Waals surface area contributed by atoms with Gasteiger partial charge in [-0.25, -0.2) is 8.78 Å². The van der Waals surface area contributed by atoms with E-state index >= 15 is 0 Å². The Hall–Kier alpha value is -1.53. The zero-order valence-corrected chi connectivity index (χ0v) is 13.5. The number of ether oxygens (including phenoxy) is 2. The third kappa shape index (κ3) is 2.54. The van der Waals surface area contributed by atoms with Crippen molar-refractivity contribution in [3.8, 4) is 0 Å². The van der Waals surface area contributed by atoms with Crippen molar-refractivity contribution in [3.63, 3.8) is 0 Å². The third-order valence-electron chi connectivity index (χ3n) is 5.02. The van der Waals surface area contributed by atoms with E-state index < -0.39 is 28.9 Å². The van der Waals surface area contributed by atoms with E-state index in [2.05, 4.69) is 5.16 Å². The van der Waals surface area contributed by atoms with E-state index in [0.717, 1.165) is 18.9 Å². The average Bonchev–Trinajstić information content (AvgIpc) is 2.94. The van der Waals surface area contributed by atoms with Gasteiger partial charge in [0.2, 0.25) is 0 Å². The SMILES string of the molecule is CC(C)[C@]12CC[C@](C)(O1)[C@H](OCc1cc(F)cc(F)c1)C2=NO. The second kappa shape index (κ2) is 5.53. The van der Waals surface area contributed by atoms with Gasteiger partial charge in [0.25, 0.3) is 0 Å². The predicted molar refractivity (Wildman–Crippen MR) is 80.4 cm³/mol. The molecule has 0 unspecified atom stereocenters. The number of hydrogen-bond acceptors (Lipinski definition) is 4. The lowest BCUT2D eigenvalue weighted by Crippen LogP contribution is -2.48. The van der Waals surface area contributed by atoms with Crippen LogP contribution < -0.4 is 0 Å². The maximum absolute atomic E-state index is 13.3. The van der Waals surface area contributed by atoms with Gasteiger partial charge in [-0.15, -0.1) is 0 Å². The normalized spacial score (nSPS) is 34.7. The molecule has 3 rings (SSSR count). The minimum atomic E-state index is -0.645. The topological polar surface area (TPSA) is 51.0 Å². The average molecular weight is 325 g/mol. The lowest BCUT2D eigenvalue weighted by molar-refractivity contribution is -0.0959. The first-order valence-corrected chi connectivity index (χ1v) is 7.80. The van der Waals surface area contributed by atoms with Crippen LogP contribution in [0.1, 0.15) is 39.2 Å². The number of benzene rings is 1. The number of fused-ring (bicyclic) bond motifs is 2. The van der Waals surface area contributed by atoms with Gasteiger partial charge in [-0.05, 0) is 43.4 Å². The Bertz CT molecular complexity index is 628. The molecule has 1 aromatic rings. The summed E-state index contributed by atoms with van der Waals surface area (Å²) in [5.41, 5.74) is -0.345. The smallest absolute Gasteiger partial charge is 0.131 e. The second-order valence-corrected chi connectivity index (χ2v) is 6.91. The fourth-order valence-electron chi connectivity index (χ4n) is 3.80. The molecule has 2 aliphatic rings. The predicted octanol–water partition coefficient (Wildman–Crippen LogP) is 3.66. The molecule has 0 spiro atoms. The van der Waals surface area contributed by atoms with E-state index in [4.69, 9.17) is 9.47 Å². The Kier molecular flexibility index (Phi) is 3.92. The van der Waals surface area contributed by atoms with Gasteiger partial charge in [0.05, 0.1) is 12.2 Å². The maximum Gasteiger partial charge on any atom is 0.131 e. The molecule has 2 bridgehead atoms. The van der Waals surface area contributed by atoms with Crippen molar-refractivity contribution >= 4 is 5.71 Å². The van der Waals surface area contributed by atoms with Crippen LogP contribution in [0, 0.1) is 17.6 Å². The minimum Gasteiger partial charge on any atom is -0.411 e. The van der Waals surface area contributed by atoms with Gasteiger partial charge in [-0.2, -0.15) is 0 Å². The summed E-state index contributed by atoms with van der Waals surface area (Å²) in [6, 6.07) is 3.28. The van der Waals surface area contributed by atoms with Crippen LogP contribution in [0.25, 0.3) is 0 Å². The van der Waals surface area contributed by atoms with Crippen molar-refractivity contribution in [2.45, 2.75) is 57.5 Å². The number of halogens is 2. The molecule has 0 aliphatic carbocycles. The van der Waals surface area contributed by atoms with Crippen LogP contribution >= 0.6 is 0 Å². The molecule has 0 saturated carbocycles. The van der Waals surface area contributed by atoms with E-state index in [1.54, 1.807) is 0 Å². The van der Waals surface area contributed by atoms with Gasteiger partial charge in [-0.1, -0.05) is 19.0 Å². The number of oxime groups is 1. The fourth-order valence-corrected chi connectivity index (χ4v) is 3.80. The Morgan fingerprint density at radius 3 is 2.52 bits per heavy atom. The summed E-state index contributed by atoms with van der Waals surface area (Å²) in [5.74, 6) is -1.15. The molecule has 4 nitrogen and oxygen atoms in total. The van der Waals surface area contributed by atoms with E-state index in [1.165, 1.54) is 12.1 Å². The molecule has 1 N–H and O–H groups in total. The molecule has 126 valence electrons. The Labute approximate surface area is 134 Å². The monoisotopic (exact) mass is 325 g/mol. The molecule has 0 aromatic heterocycles. The molecular weight excluding hydrogens is 304 g/mol. The van der Waals surface area contributed by atoms with Crippen LogP contribution in [-0.4, -0.2) is 28.2 Å². The maximum atomic E-state index is 13.3. The minimum absolute atomic E-state index is 0.0193. The van der Waals surface area contributed by atoms with Crippen LogP contribution in [-0.2, 0) is 16.1 Å². The first-order valence-electron chi connectivity index (χ1n) is 7.80. The van der Waals surface area contributed by atoms with Crippen LogP contribution in [0.2, 0.25) is 0 Å². The molecule has 0 radical (unpaired) electrons. The highest BCUT2D eigenvalue weighted by Crippen LogP contribution is 2.53. The Balaban J connectivity index is 1.82. The van der Waals surface area contributed by atoms with Crippen molar-refractivity contribution in [1.29, 1.82) is 0 Å². The van der Waals surface area contributed by atoms with Crippen molar-refractivity contribution < 1.29 is 23.5 Å². The summed E-state index contributed by atoms with van der Waals surface area (Å²) in [5, 5.41) is 12.9. The first kappa shape index (κ1) is 16.3. The highest BCUT2D eigenvalue weighted by Gasteiger charge is 2.65. The molecule has 3 atom stereocenters. The second-order valence-electron chi connectivity index (χ2n) is 6.91. The summed E-state index contributed by atoms with van der Waals surface area (Å²) < 4.78 is 38.6. The van der Waals surface area contributed by atoms with Gasteiger partial charge in [0.15, 0.2) is 0 Å². The fraction of sp³-hybridized carbons (Fsp3) is 0.588. The molecule has 2 fully saturated rings. The summed E-state index contributed by atoms with van der Waals surface area (Å²) in [6.07, 6.45) is 1.02. The number of hydrogen-bond donors (Lipinski definition) is 1. The molecule has 23 heavy (non-hydrogen) atoms. The first-order chi connectivity index (χ1) is 10.8. The molecule has 1 aromatic carbocycles. The van der Waals surface area contributed by atoms with Crippen molar-refractivity contribution in [3.05, 3.63) is 35.4 Å². The highest BCUT2D eigenvalue weighted by molar-refractivity contribution is 6.00. The van der Waals surface area contributed by atoms with Gasteiger partial charge in [-0.3, -0.25) is 0 Å². The number of rotatable bonds is 4. The molecular formula is C17H21F2NO3. The largest absolute Gasteiger partial charge is 0.411 e. The molecule has 6 heteroatoms. The highest BCUT2D eigenvalue weighted by atomic mass is 19.1. The van der Waals surface area contributed by atoms with E-state index in [9.17, 15) is 14.0 Å². The standard InChI is InChI=1S/C17H21F2NO3/c1-10(2)17-5-4-16(3,23-17)15(14(17)20-21)22-9-11-6-12(18)8-13(19)7-11/h6-8,10,15,21H,4-5,9H2,1-3H3/t15-,16+,17+/m1/s1. The molecule has 2 saturated heterocycles. The van der Waals surface area contributed by atoms with Crippen LogP contribution in [0.3, 0.4) is 0 Å². The van der Waals surface area contributed by atoms with Gasteiger partial charge in [0, 0.05) is 6.07 Å². The zero-order valence-electron chi connectivity index (χ0n) is 13.5. The van der Waals surface area contributed by atoms with Crippen LogP contribution in [0.4, 0.5) is 8.78 Å². The van der Waals surface area contributed by atoms with Crippen LogP contribution in [0.5, 0.6) is 0 Å². The zero-order chi connectivity index (χ0) is 16.8. The molecule has 0 amide bonds. The van der Waals surface area contributed by atoms with Gasteiger partial charge >= 0.3 is 0 Å². The van der Waals surface area contributed by atoms with Crippen molar-refractivity contribution in [2.75, 3.05) is 0 Å². The van der Waals surface area contributed by atoms with Gasteiger partial charge < -0.3 is 14.7 Å². The summed E-state index contributed by atoms with van der Waals surface area (Å²) in [4.78, 5) is 0. The summed E-state index contributed by atoms with van der Waals surface area (Å²) in [7, 11) is 0. The lowest BCUT2D eigenvalue weighted by atomic mass is 9.74. The lowest BCUT2D eigenvalue weighted by Gasteiger charge is -2.32. The van der Waals surface area contributed by atoms with E-state index in [0.29, 0.717) is 11.3 Å². The summed E-state index contributed by atoms with van der Waals surface area (Å²) in [6.45, 7) is 5.97. The van der Waals surface area contributed by atoms with Crippen molar-refractivity contribution in [2.24, 2.45) is 11.1 Å². The molecule has 2 aliphatic heterocycles. The quantitative estimate of drug-likeness (QED) is 0.679. The van der Waals surface area contributed by atoms with E-state index in [1.807, 2.05) is 20.8 Å². The van der Waals surface area contributed by atoms with E-state index in [-0.39, 0.29) is 12.5 Å². The van der Waals surface area contributed by atoms with Crippen molar-refractivity contribution in [1.82, 2.24) is 0 Å². The summed E-state index contributed by atoms with van der Waals surface area (Å²) >= 11 is 0. The number of nitrogens with zero attached hydrogens (tertiary/aromatic N) is 1. The molecule has 2 heterocycles. The van der Waals surface area contributed by atoms with Crippen LogP contribution in [0.15, 0.2) is 23.4 Å². The Morgan fingerprint density at radius 1 is 1.30 bits per heavy atom. The Morgan fingerprint density at radius 2 is 1.96 bits per heavy atom.